The maximum Gasteiger partial charge on any atom is 0.242 e. The molecule has 0 radical (unpaired) electrons. The summed E-state index contributed by atoms with van der Waals surface area (Å²) in [6.07, 6.45) is 4.88. The van der Waals surface area contributed by atoms with Gasteiger partial charge in [0.25, 0.3) is 0 Å². The molecule has 1 heterocycles. The lowest BCUT2D eigenvalue weighted by Crippen LogP contribution is -2.32. The third-order valence-corrected chi connectivity index (χ3v) is 4.57. The summed E-state index contributed by atoms with van der Waals surface area (Å²) in [7, 11) is -3.37. The van der Waals surface area contributed by atoms with Crippen LogP contribution in [-0.4, -0.2) is 30.8 Å². The van der Waals surface area contributed by atoms with Gasteiger partial charge in [0.15, 0.2) is 9.84 Å². The van der Waals surface area contributed by atoms with Crippen LogP contribution in [-0.2, 0) is 14.6 Å². The molecule has 1 aliphatic rings. The summed E-state index contributed by atoms with van der Waals surface area (Å²) in [5, 5.41) is 1.61. The van der Waals surface area contributed by atoms with Crippen molar-refractivity contribution < 1.29 is 13.2 Å². The van der Waals surface area contributed by atoms with Crippen LogP contribution in [0.3, 0.4) is 0 Å². The van der Waals surface area contributed by atoms with Gasteiger partial charge in [-0.05, 0) is 31.9 Å². The van der Waals surface area contributed by atoms with E-state index in [2.05, 4.69) is 10.3 Å². The number of pyridine rings is 1. The predicted octanol–water partition coefficient (Wildman–Crippen LogP) is 1.33. The predicted molar refractivity (Wildman–Crippen MR) is 69.1 cm³/mol. The molecule has 1 saturated carbocycles. The van der Waals surface area contributed by atoms with E-state index in [-0.39, 0.29) is 0 Å². The fourth-order valence-corrected chi connectivity index (χ4v) is 2.08. The number of carbonyl (C=O) groups excluding carboxylic acids is 1. The molecule has 1 fully saturated rings. The molecule has 1 N–H and O–H groups in total. The first-order valence-electron chi connectivity index (χ1n) is 5.84. The zero-order valence-electron chi connectivity index (χ0n) is 10.4. The molecule has 0 spiro atoms. The van der Waals surface area contributed by atoms with Crippen molar-refractivity contribution in [2.75, 3.05) is 11.6 Å². The smallest absolute Gasteiger partial charge is 0.242 e. The van der Waals surface area contributed by atoms with Gasteiger partial charge in [0.1, 0.15) is 5.25 Å². The first-order valence-corrected chi connectivity index (χ1v) is 7.79. The average molecular weight is 268 g/mol. The Bertz CT molecular complexity index is 564. The van der Waals surface area contributed by atoms with Crippen molar-refractivity contribution in [3.05, 3.63) is 24.0 Å². The second kappa shape index (κ2) is 4.68. The second-order valence-electron chi connectivity index (χ2n) is 4.67. The van der Waals surface area contributed by atoms with Gasteiger partial charge in [-0.3, -0.25) is 9.78 Å². The Labute approximate surface area is 107 Å². The summed E-state index contributed by atoms with van der Waals surface area (Å²) in [6.45, 7) is 1.39. The van der Waals surface area contributed by atoms with E-state index in [1.165, 1.54) is 6.92 Å². The van der Waals surface area contributed by atoms with Crippen LogP contribution in [0.15, 0.2) is 18.3 Å². The number of rotatable bonds is 4. The Balaban J connectivity index is 2.17. The van der Waals surface area contributed by atoms with E-state index in [0.717, 1.165) is 24.8 Å². The maximum atomic E-state index is 11.8. The fourth-order valence-electron chi connectivity index (χ4n) is 1.63. The Morgan fingerprint density at radius 1 is 1.50 bits per heavy atom. The normalized spacial score (nSPS) is 17.2. The van der Waals surface area contributed by atoms with Gasteiger partial charge >= 0.3 is 0 Å². The van der Waals surface area contributed by atoms with Gasteiger partial charge < -0.3 is 5.32 Å². The molecule has 98 valence electrons. The monoisotopic (exact) mass is 268 g/mol. The minimum absolute atomic E-state index is 0.398. The molecule has 2 rings (SSSR count). The molecular weight excluding hydrogens is 252 g/mol. The molecule has 0 saturated heterocycles. The minimum atomic E-state index is -3.37. The van der Waals surface area contributed by atoms with Crippen LogP contribution in [0.25, 0.3) is 0 Å². The van der Waals surface area contributed by atoms with Crippen LogP contribution >= 0.6 is 0 Å². The summed E-state index contributed by atoms with van der Waals surface area (Å²) in [5.41, 5.74) is 1.48. The molecule has 6 heteroatoms. The molecule has 0 bridgehead atoms. The SMILES string of the molecule is CC(C(=O)Nc1cccnc1C1CC1)S(C)(=O)=O. The number of carbonyl (C=O) groups is 1. The topological polar surface area (TPSA) is 76.1 Å². The zero-order valence-corrected chi connectivity index (χ0v) is 11.2. The van der Waals surface area contributed by atoms with E-state index in [1.54, 1.807) is 18.3 Å². The van der Waals surface area contributed by atoms with E-state index in [9.17, 15) is 13.2 Å². The van der Waals surface area contributed by atoms with Gasteiger partial charge in [-0.2, -0.15) is 0 Å². The van der Waals surface area contributed by atoms with Crippen molar-refractivity contribution >= 4 is 21.4 Å². The lowest BCUT2D eigenvalue weighted by atomic mass is 10.2. The number of nitrogens with one attached hydrogen (secondary N) is 1. The number of hydrogen-bond donors (Lipinski definition) is 1. The highest BCUT2D eigenvalue weighted by molar-refractivity contribution is 7.92. The van der Waals surface area contributed by atoms with E-state index in [1.807, 2.05) is 0 Å². The van der Waals surface area contributed by atoms with Gasteiger partial charge in [0.05, 0.1) is 11.4 Å². The zero-order chi connectivity index (χ0) is 13.3. The first-order chi connectivity index (χ1) is 8.39. The third-order valence-electron chi connectivity index (χ3n) is 3.07. The molecule has 1 amide bonds. The molecule has 1 atom stereocenters. The summed E-state index contributed by atoms with van der Waals surface area (Å²) in [6, 6.07) is 3.49. The first kappa shape index (κ1) is 13.0. The average Bonchev–Trinajstić information content (AvgIpc) is 3.11. The van der Waals surface area contributed by atoms with E-state index < -0.39 is 21.0 Å². The minimum Gasteiger partial charge on any atom is -0.323 e. The van der Waals surface area contributed by atoms with Crippen LogP contribution in [0.5, 0.6) is 0 Å². The lowest BCUT2D eigenvalue weighted by molar-refractivity contribution is -0.115. The molecule has 1 aromatic heterocycles. The van der Waals surface area contributed by atoms with Gasteiger partial charge in [-0.1, -0.05) is 0 Å². The molecular formula is C12H16N2O3S. The van der Waals surface area contributed by atoms with Crippen LogP contribution < -0.4 is 5.32 Å². The van der Waals surface area contributed by atoms with Crippen molar-refractivity contribution in [2.45, 2.75) is 30.9 Å². The largest absolute Gasteiger partial charge is 0.323 e. The highest BCUT2D eigenvalue weighted by atomic mass is 32.2. The molecule has 0 aliphatic heterocycles. The quantitative estimate of drug-likeness (QED) is 0.893. The standard InChI is InChI=1S/C12H16N2O3S/c1-8(18(2,16)17)12(15)14-10-4-3-7-13-11(10)9-5-6-9/h3-4,7-9H,5-6H2,1-2H3,(H,14,15). The van der Waals surface area contributed by atoms with E-state index >= 15 is 0 Å². The van der Waals surface area contributed by atoms with Gasteiger partial charge in [0.2, 0.25) is 5.91 Å². The molecule has 1 aliphatic carbocycles. The van der Waals surface area contributed by atoms with Crippen molar-refractivity contribution in [2.24, 2.45) is 0 Å². The Morgan fingerprint density at radius 2 is 2.17 bits per heavy atom. The number of nitrogens with zero attached hydrogens (tertiary/aromatic N) is 1. The van der Waals surface area contributed by atoms with E-state index in [0.29, 0.717) is 11.6 Å². The summed E-state index contributed by atoms with van der Waals surface area (Å²) < 4.78 is 22.6. The van der Waals surface area contributed by atoms with Crippen LogP contribution in [0.4, 0.5) is 5.69 Å². The van der Waals surface area contributed by atoms with Gasteiger partial charge in [0, 0.05) is 18.4 Å². The fraction of sp³-hybridized carbons (Fsp3) is 0.500. The highest BCUT2D eigenvalue weighted by Gasteiger charge is 2.29. The Hall–Kier alpha value is -1.43. The summed E-state index contributed by atoms with van der Waals surface area (Å²) >= 11 is 0. The number of aromatic nitrogens is 1. The van der Waals surface area contributed by atoms with Crippen LogP contribution in [0, 0.1) is 0 Å². The number of sulfone groups is 1. The number of hydrogen-bond acceptors (Lipinski definition) is 4. The van der Waals surface area contributed by atoms with Crippen LogP contribution in [0.2, 0.25) is 0 Å². The van der Waals surface area contributed by atoms with Crippen molar-refractivity contribution in [1.82, 2.24) is 4.98 Å². The van der Waals surface area contributed by atoms with Crippen LogP contribution in [0.1, 0.15) is 31.4 Å². The molecule has 5 nitrogen and oxygen atoms in total. The van der Waals surface area contributed by atoms with Gasteiger partial charge in [-0.25, -0.2) is 8.42 Å². The summed E-state index contributed by atoms with van der Waals surface area (Å²) in [5.74, 6) is -0.109. The second-order valence-corrected chi connectivity index (χ2v) is 7.04. The van der Waals surface area contributed by atoms with Crippen molar-refractivity contribution in [1.29, 1.82) is 0 Å². The summed E-state index contributed by atoms with van der Waals surface area (Å²) in [4.78, 5) is 16.1. The third kappa shape index (κ3) is 2.87. The highest BCUT2D eigenvalue weighted by Crippen LogP contribution is 2.42. The number of anilines is 1. The molecule has 0 aromatic carbocycles. The maximum absolute atomic E-state index is 11.8. The molecule has 1 unspecified atom stereocenters. The molecule has 1 aromatic rings. The molecule has 18 heavy (non-hydrogen) atoms. The Kier molecular flexibility index (Phi) is 3.38. The van der Waals surface area contributed by atoms with Crippen molar-refractivity contribution in [3.8, 4) is 0 Å². The lowest BCUT2D eigenvalue weighted by Gasteiger charge is -2.12. The van der Waals surface area contributed by atoms with E-state index in [4.69, 9.17) is 0 Å². The number of amides is 1. The van der Waals surface area contributed by atoms with Gasteiger partial charge in [-0.15, -0.1) is 0 Å². The van der Waals surface area contributed by atoms with Crippen molar-refractivity contribution in [3.63, 3.8) is 0 Å². The Morgan fingerprint density at radius 3 is 2.72 bits per heavy atom.